The highest BCUT2D eigenvalue weighted by Gasteiger charge is 2.28. The first-order valence-electron chi connectivity index (χ1n) is 9.07. The number of phenolic OH excluding ortho intramolecular Hbond substituents is 2. The number of carbonyl (C=O) groups excluding carboxylic acids is 1. The molecule has 0 atom stereocenters. The predicted octanol–water partition coefficient (Wildman–Crippen LogP) is 2.30. The molecule has 0 unspecified atom stereocenters. The molecule has 8 heteroatoms. The van der Waals surface area contributed by atoms with E-state index in [1.165, 1.54) is 12.1 Å². The van der Waals surface area contributed by atoms with Crippen molar-refractivity contribution in [2.45, 2.75) is 37.6 Å². The molecule has 2 aromatic carbocycles. The number of benzene rings is 2. The molecule has 1 fully saturated rings. The van der Waals surface area contributed by atoms with Crippen molar-refractivity contribution in [1.29, 1.82) is 0 Å². The van der Waals surface area contributed by atoms with Gasteiger partial charge in [-0.1, -0.05) is 12.1 Å². The Bertz CT molecular complexity index is 975. The zero-order chi connectivity index (χ0) is 20.5. The van der Waals surface area contributed by atoms with Crippen LogP contribution >= 0.6 is 0 Å². The molecular weight excluding hydrogens is 380 g/mol. The van der Waals surface area contributed by atoms with E-state index in [2.05, 4.69) is 4.72 Å². The number of piperidine rings is 1. The van der Waals surface area contributed by atoms with Crippen molar-refractivity contribution in [3.63, 3.8) is 0 Å². The van der Waals surface area contributed by atoms with Gasteiger partial charge in [-0.05, 0) is 56.0 Å². The number of hydrogen-bond donors (Lipinski definition) is 3. The predicted molar refractivity (Wildman–Crippen MR) is 105 cm³/mol. The highest BCUT2D eigenvalue weighted by atomic mass is 32.2. The molecule has 0 saturated carbocycles. The number of hydrogen-bond acceptors (Lipinski definition) is 5. The third kappa shape index (κ3) is 4.45. The number of carbonyl (C=O) groups is 1. The molecule has 1 saturated heterocycles. The van der Waals surface area contributed by atoms with Crippen molar-refractivity contribution in [3.05, 3.63) is 53.1 Å². The second-order valence-corrected chi connectivity index (χ2v) is 8.88. The fraction of sp³-hybridized carbons (Fsp3) is 0.350. The average molecular weight is 404 g/mol. The van der Waals surface area contributed by atoms with Crippen molar-refractivity contribution >= 4 is 15.9 Å². The van der Waals surface area contributed by atoms with E-state index in [-0.39, 0.29) is 33.9 Å². The summed E-state index contributed by atoms with van der Waals surface area (Å²) in [6.45, 7) is 4.38. The average Bonchev–Trinajstić information content (AvgIpc) is 2.62. The van der Waals surface area contributed by atoms with Gasteiger partial charge in [-0.15, -0.1) is 0 Å². The van der Waals surface area contributed by atoms with Crippen molar-refractivity contribution < 1.29 is 23.4 Å². The third-order valence-corrected chi connectivity index (χ3v) is 6.55. The molecule has 3 rings (SSSR count). The highest BCUT2D eigenvalue weighted by Crippen LogP contribution is 2.24. The largest absolute Gasteiger partial charge is 0.508 e. The van der Waals surface area contributed by atoms with E-state index in [4.69, 9.17) is 0 Å². The number of nitrogens with one attached hydrogen (secondary N) is 1. The van der Waals surface area contributed by atoms with Crippen LogP contribution in [0.15, 0.2) is 41.3 Å². The zero-order valence-electron chi connectivity index (χ0n) is 15.8. The number of amides is 1. The Hall–Kier alpha value is -2.58. The van der Waals surface area contributed by atoms with Gasteiger partial charge in [0.1, 0.15) is 11.5 Å². The quantitative estimate of drug-likeness (QED) is 0.725. The number of aryl methyl sites for hydroxylation is 2. The van der Waals surface area contributed by atoms with E-state index in [0.29, 0.717) is 31.5 Å². The van der Waals surface area contributed by atoms with Gasteiger partial charge < -0.3 is 15.1 Å². The molecule has 7 nitrogen and oxygen atoms in total. The van der Waals surface area contributed by atoms with Crippen LogP contribution in [-0.2, 0) is 10.0 Å². The Morgan fingerprint density at radius 2 is 1.64 bits per heavy atom. The molecule has 0 radical (unpaired) electrons. The standard InChI is InChI=1S/C20H24N2O5S/c1-13-3-4-14(2)19(9-13)28(26,27)21-16-5-7-22(8-6-16)20(25)15-10-17(23)12-18(24)11-15/h3-4,9-12,16,21,23-24H,5-8H2,1-2H3. The van der Waals surface area contributed by atoms with Crippen molar-refractivity contribution in [2.24, 2.45) is 0 Å². The molecule has 0 spiro atoms. The molecule has 3 N–H and O–H groups in total. The molecular formula is C20H24N2O5S. The van der Waals surface area contributed by atoms with Gasteiger partial charge in [0.05, 0.1) is 4.90 Å². The summed E-state index contributed by atoms with van der Waals surface area (Å²) in [4.78, 5) is 14.4. The molecule has 1 aliphatic rings. The number of nitrogens with zero attached hydrogens (tertiary/aromatic N) is 1. The lowest BCUT2D eigenvalue weighted by molar-refractivity contribution is 0.0710. The molecule has 1 amide bonds. The van der Waals surface area contributed by atoms with Gasteiger partial charge in [-0.2, -0.15) is 0 Å². The highest BCUT2D eigenvalue weighted by molar-refractivity contribution is 7.89. The van der Waals surface area contributed by atoms with Gasteiger partial charge in [0.2, 0.25) is 10.0 Å². The molecule has 28 heavy (non-hydrogen) atoms. The van der Waals surface area contributed by atoms with Crippen LogP contribution in [0.1, 0.15) is 34.3 Å². The third-order valence-electron chi connectivity index (χ3n) is 4.89. The number of sulfonamides is 1. The fourth-order valence-corrected chi connectivity index (χ4v) is 5.02. The van der Waals surface area contributed by atoms with Crippen LogP contribution < -0.4 is 4.72 Å². The van der Waals surface area contributed by atoms with Gasteiger partial charge >= 0.3 is 0 Å². The van der Waals surface area contributed by atoms with E-state index >= 15 is 0 Å². The Labute approximate surface area is 164 Å². The summed E-state index contributed by atoms with van der Waals surface area (Å²) in [5.41, 5.74) is 1.77. The van der Waals surface area contributed by atoms with E-state index in [9.17, 15) is 23.4 Å². The Morgan fingerprint density at radius 3 is 2.25 bits per heavy atom. The Balaban J connectivity index is 1.65. The summed E-state index contributed by atoms with van der Waals surface area (Å²) in [6.07, 6.45) is 0.973. The molecule has 0 aromatic heterocycles. The van der Waals surface area contributed by atoms with Crippen LogP contribution in [0.25, 0.3) is 0 Å². The van der Waals surface area contributed by atoms with Crippen LogP contribution in [0.2, 0.25) is 0 Å². The van der Waals surface area contributed by atoms with E-state index < -0.39 is 10.0 Å². The van der Waals surface area contributed by atoms with Crippen LogP contribution in [0.4, 0.5) is 0 Å². The smallest absolute Gasteiger partial charge is 0.254 e. The summed E-state index contributed by atoms with van der Waals surface area (Å²) in [5, 5.41) is 19.1. The molecule has 150 valence electrons. The van der Waals surface area contributed by atoms with Gasteiger partial charge in [0.25, 0.3) is 5.91 Å². The van der Waals surface area contributed by atoms with Crippen LogP contribution in [-0.4, -0.2) is 48.6 Å². The zero-order valence-corrected chi connectivity index (χ0v) is 16.7. The van der Waals surface area contributed by atoms with Crippen molar-refractivity contribution in [1.82, 2.24) is 9.62 Å². The van der Waals surface area contributed by atoms with Crippen LogP contribution in [0.3, 0.4) is 0 Å². The Kier molecular flexibility index (Phi) is 5.62. The van der Waals surface area contributed by atoms with Gasteiger partial charge in [0.15, 0.2) is 0 Å². The first-order chi connectivity index (χ1) is 13.2. The molecule has 1 aliphatic heterocycles. The minimum absolute atomic E-state index is 0.181. The number of aromatic hydroxyl groups is 2. The molecule has 1 heterocycles. The summed E-state index contributed by atoms with van der Waals surface area (Å²) < 4.78 is 28.2. The van der Waals surface area contributed by atoms with Crippen LogP contribution in [0.5, 0.6) is 11.5 Å². The first kappa shape index (κ1) is 20.2. The topological polar surface area (TPSA) is 107 Å². The van der Waals surface area contributed by atoms with Gasteiger partial charge in [0, 0.05) is 30.8 Å². The minimum atomic E-state index is -3.63. The second kappa shape index (κ2) is 7.81. The summed E-state index contributed by atoms with van der Waals surface area (Å²) in [6, 6.07) is 8.82. The monoisotopic (exact) mass is 404 g/mol. The lowest BCUT2D eigenvalue weighted by atomic mass is 10.0. The molecule has 0 bridgehead atoms. The van der Waals surface area contributed by atoms with E-state index in [1.54, 1.807) is 24.0 Å². The molecule has 0 aliphatic carbocycles. The van der Waals surface area contributed by atoms with Gasteiger partial charge in [-0.25, -0.2) is 13.1 Å². The maximum Gasteiger partial charge on any atom is 0.254 e. The maximum atomic E-state index is 12.7. The summed E-state index contributed by atoms with van der Waals surface area (Å²) in [7, 11) is -3.63. The normalized spacial score (nSPS) is 15.6. The van der Waals surface area contributed by atoms with Gasteiger partial charge in [-0.3, -0.25) is 4.79 Å². The van der Waals surface area contributed by atoms with Crippen molar-refractivity contribution in [2.75, 3.05) is 13.1 Å². The summed E-state index contributed by atoms with van der Waals surface area (Å²) in [5.74, 6) is -0.666. The van der Waals surface area contributed by atoms with Crippen molar-refractivity contribution in [3.8, 4) is 11.5 Å². The number of phenols is 2. The second-order valence-electron chi connectivity index (χ2n) is 7.19. The lowest BCUT2D eigenvalue weighted by Gasteiger charge is -2.32. The molecule has 2 aromatic rings. The fourth-order valence-electron chi connectivity index (χ4n) is 3.38. The lowest BCUT2D eigenvalue weighted by Crippen LogP contribution is -2.46. The van der Waals surface area contributed by atoms with E-state index in [1.807, 2.05) is 13.0 Å². The van der Waals surface area contributed by atoms with E-state index in [0.717, 1.165) is 11.6 Å². The van der Waals surface area contributed by atoms with Crippen LogP contribution in [0, 0.1) is 13.8 Å². The first-order valence-corrected chi connectivity index (χ1v) is 10.6. The summed E-state index contributed by atoms with van der Waals surface area (Å²) >= 11 is 0. The Morgan fingerprint density at radius 1 is 1.04 bits per heavy atom. The number of rotatable bonds is 4. The minimum Gasteiger partial charge on any atom is -0.508 e. The maximum absolute atomic E-state index is 12.7. The number of likely N-dealkylation sites (tertiary alicyclic amines) is 1. The SMILES string of the molecule is Cc1ccc(C)c(S(=O)(=O)NC2CCN(C(=O)c3cc(O)cc(O)c3)CC2)c1.